The molecule has 98 valence electrons. The van der Waals surface area contributed by atoms with Gasteiger partial charge in [-0.25, -0.2) is 9.97 Å². The number of ether oxygens (including phenoxy) is 1. The summed E-state index contributed by atoms with van der Waals surface area (Å²) in [6, 6.07) is 6.72. The van der Waals surface area contributed by atoms with Crippen molar-refractivity contribution >= 4 is 34.9 Å². The molecule has 1 amide bonds. The van der Waals surface area contributed by atoms with Gasteiger partial charge in [-0.15, -0.1) is 0 Å². The molecule has 7 heteroatoms. The van der Waals surface area contributed by atoms with Gasteiger partial charge in [0.2, 0.25) is 0 Å². The van der Waals surface area contributed by atoms with Crippen molar-refractivity contribution in [3.63, 3.8) is 0 Å². The van der Waals surface area contributed by atoms with Crippen LogP contribution in [0.4, 0.5) is 5.82 Å². The number of amides is 1. The van der Waals surface area contributed by atoms with Gasteiger partial charge in [0.1, 0.15) is 10.9 Å². The van der Waals surface area contributed by atoms with E-state index < -0.39 is 0 Å². The van der Waals surface area contributed by atoms with E-state index in [-0.39, 0.29) is 17.7 Å². The Morgan fingerprint density at radius 3 is 2.53 bits per heavy atom. The van der Waals surface area contributed by atoms with Gasteiger partial charge in [0, 0.05) is 5.02 Å². The van der Waals surface area contributed by atoms with Gasteiger partial charge >= 0.3 is 0 Å². The van der Waals surface area contributed by atoms with E-state index in [9.17, 15) is 4.79 Å². The van der Waals surface area contributed by atoms with Crippen LogP contribution in [0.15, 0.2) is 36.7 Å². The van der Waals surface area contributed by atoms with Crippen molar-refractivity contribution in [2.24, 2.45) is 0 Å². The van der Waals surface area contributed by atoms with Crippen LogP contribution < -0.4 is 10.1 Å². The minimum absolute atomic E-state index is 0.133. The lowest BCUT2D eigenvalue weighted by molar-refractivity contribution is -0.118. The number of benzene rings is 1. The average molecular weight is 298 g/mol. The molecular formula is C12H9Cl2N3O2. The van der Waals surface area contributed by atoms with Gasteiger partial charge in [-0.3, -0.25) is 4.79 Å². The molecular weight excluding hydrogens is 289 g/mol. The molecule has 1 heterocycles. The number of carbonyl (C=O) groups excluding carboxylic acids is 1. The lowest BCUT2D eigenvalue weighted by Crippen LogP contribution is -2.20. The van der Waals surface area contributed by atoms with Crippen LogP contribution >= 0.6 is 23.2 Å². The molecule has 0 aliphatic heterocycles. The average Bonchev–Trinajstić information content (AvgIpc) is 2.41. The van der Waals surface area contributed by atoms with Gasteiger partial charge in [0.05, 0.1) is 12.4 Å². The van der Waals surface area contributed by atoms with Crippen molar-refractivity contribution in [1.82, 2.24) is 9.97 Å². The molecule has 1 N–H and O–H groups in total. The van der Waals surface area contributed by atoms with Crippen molar-refractivity contribution in [2.45, 2.75) is 0 Å². The number of hydrogen-bond donors (Lipinski definition) is 1. The molecule has 5 nitrogen and oxygen atoms in total. The lowest BCUT2D eigenvalue weighted by Gasteiger charge is -2.06. The minimum atomic E-state index is -0.341. The van der Waals surface area contributed by atoms with Crippen molar-refractivity contribution in [2.75, 3.05) is 11.9 Å². The van der Waals surface area contributed by atoms with Gasteiger partial charge < -0.3 is 10.1 Å². The zero-order valence-corrected chi connectivity index (χ0v) is 11.1. The Bertz CT molecular complexity index is 558. The van der Waals surface area contributed by atoms with E-state index in [4.69, 9.17) is 27.9 Å². The molecule has 1 aromatic heterocycles. The smallest absolute Gasteiger partial charge is 0.263 e. The van der Waals surface area contributed by atoms with E-state index in [0.717, 1.165) is 0 Å². The molecule has 2 rings (SSSR count). The normalized spacial score (nSPS) is 10.0. The number of nitrogens with one attached hydrogen (secondary N) is 1. The molecule has 0 bridgehead atoms. The fraction of sp³-hybridized carbons (Fsp3) is 0.0833. The monoisotopic (exact) mass is 297 g/mol. The third-order valence-corrected chi connectivity index (χ3v) is 2.52. The highest BCUT2D eigenvalue weighted by Crippen LogP contribution is 2.15. The number of carbonyl (C=O) groups is 1. The molecule has 0 unspecified atom stereocenters. The van der Waals surface area contributed by atoms with E-state index in [0.29, 0.717) is 16.6 Å². The molecule has 0 saturated carbocycles. The van der Waals surface area contributed by atoms with Crippen LogP contribution in [-0.4, -0.2) is 22.5 Å². The van der Waals surface area contributed by atoms with E-state index in [2.05, 4.69) is 15.3 Å². The largest absolute Gasteiger partial charge is 0.484 e. The number of rotatable bonds is 4. The Kier molecular flexibility index (Phi) is 4.54. The summed E-state index contributed by atoms with van der Waals surface area (Å²) in [6.45, 7) is -0.133. The van der Waals surface area contributed by atoms with Crippen LogP contribution in [0.2, 0.25) is 10.2 Å². The molecule has 0 saturated heterocycles. The molecule has 0 radical (unpaired) electrons. The molecule has 2 aromatic rings. The molecule has 19 heavy (non-hydrogen) atoms. The molecule has 0 atom stereocenters. The summed E-state index contributed by atoms with van der Waals surface area (Å²) in [5.41, 5.74) is 0. The van der Waals surface area contributed by atoms with Gasteiger partial charge in [-0.2, -0.15) is 0 Å². The Morgan fingerprint density at radius 1 is 1.16 bits per heavy atom. The summed E-state index contributed by atoms with van der Waals surface area (Å²) in [4.78, 5) is 19.3. The molecule has 0 fully saturated rings. The van der Waals surface area contributed by atoms with Crippen LogP contribution in [-0.2, 0) is 4.79 Å². The van der Waals surface area contributed by atoms with Crippen molar-refractivity contribution in [3.8, 4) is 5.75 Å². The number of aromatic nitrogens is 2. The summed E-state index contributed by atoms with van der Waals surface area (Å²) >= 11 is 11.3. The number of halogens is 2. The standard InChI is InChI=1S/C12H9Cl2N3O2/c13-8-1-3-9(4-2-8)19-7-12(18)17-11-6-15-10(14)5-16-11/h1-6H,7H2,(H,16,17,18). The fourth-order valence-electron chi connectivity index (χ4n) is 1.24. The quantitative estimate of drug-likeness (QED) is 0.942. The Morgan fingerprint density at radius 2 is 1.89 bits per heavy atom. The lowest BCUT2D eigenvalue weighted by atomic mass is 10.3. The highest BCUT2D eigenvalue weighted by atomic mass is 35.5. The first-order valence-corrected chi connectivity index (χ1v) is 6.05. The maximum Gasteiger partial charge on any atom is 0.263 e. The molecule has 0 spiro atoms. The van der Waals surface area contributed by atoms with Gasteiger partial charge in [-0.1, -0.05) is 23.2 Å². The van der Waals surface area contributed by atoms with Crippen LogP contribution in [0.5, 0.6) is 5.75 Å². The number of nitrogens with zero attached hydrogens (tertiary/aromatic N) is 2. The maximum atomic E-state index is 11.6. The second kappa shape index (κ2) is 6.36. The Hall–Kier alpha value is -1.85. The summed E-state index contributed by atoms with van der Waals surface area (Å²) in [5.74, 6) is 0.530. The summed E-state index contributed by atoms with van der Waals surface area (Å²) in [5, 5.41) is 3.39. The second-order valence-electron chi connectivity index (χ2n) is 3.52. The number of anilines is 1. The minimum Gasteiger partial charge on any atom is -0.484 e. The third-order valence-electron chi connectivity index (χ3n) is 2.07. The third kappa shape index (κ3) is 4.39. The molecule has 0 aliphatic rings. The first-order chi connectivity index (χ1) is 9.13. The van der Waals surface area contributed by atoms with Crippen molar-refractivity contribution in [3.05, 3.63) is 46.8 Å². The van der Waals surface area contributed by atoms with Crippen LogP contribution in [0, 0.1) is 0 Å². The zero-order chi connectivity index (χ0) is 13.7. The van der Waals surface area contributed by atoms with Crippen molar-refractivity contribution < 1.29 is 9.53 Å². The molecule has 1 aromatic carbocycles. The Labute approximate surface area is 119 Å². The van der Waals surface area contributed by atoms with Crippen LogP contribution in [0.25, 0.3) is 0 Å². The summed E-state index contributed by atoms with van der Waals surface area (Å²) in [6.07, 6.45) is 2.71. The molecule has 0 aliphatic carbocycles. The first kappa shape index (κ1) is 13.6. The highest BCUT2D eigenvalue weighted by molar-refractivity contribution is 6.30. The summed E-state index contributed by atoms with van der Waals surface area (Å²) in [7, 11) is 0. The van der Waals surface area contributed by atoms with E-state index >= 15 is 0 Å². The van der Waals surface area contributed by atoms with Gasteiger partial charge in [0.15, 0.2) is 12.4 Å². The van der Waals surface area contributed by atoms with Gasteiger partial charge in [0.25, 0.3) is 5.91 Å². The number of hydrogen-bond acceptors (Lipinski definition) is 4. The predicted octanol–water partition coefficient (Wildman–Crippen LogP) is 2.80. The second-order valence-corrected chi connectivity index (χ2v) is 4.34. The summed E-state index contributed by atoms with van der Waals surface area (Å²) < 4.78 is 5.27. The maximum absolute atomic E-state index is 11.6. The van der Waals surface area contributed by atoms with Crippen LogP contribution in [0.1, 0.15) is 0 Å². The first-order valence-electron chi connectivity index (χ1n) is 5.29. The van der Waals surface area contributed by atoms with E-state index in [1.807, 2.05) is 0 Å². The topological polar surface area (TPSA) is 64.1 Å². The predicted molar refractivity (Wildman–Crippen MR) is 72.6 cm³/mol. The van der Waals surface area contributed by atoms with Crippen LogP contribution in [0.3, 0.4) is 0 Å². The zero-order valence-electron chi connectivity index (χ0n) is 9.64. The van der Waals surface area contributed by atoms with E-state index in [1.165, 1.54) is 12.4 Å². The highest BCUT2D eigenvalue weighted by Gasteiger charge is 2.05. The van der Waals surface area contributed by atoms with Crippen molar-refractivity contribution in [1.29, 1.82) is 0 Å². The SMILES string of the molecule is O=C(COc1ccc(Cl)cc1)Nc1cnc(Cl)cn1. The van der Waals surface area contributed by atoms with Gasteiger partial charge in [-0.05, 0) is 24.3 Å². The fourth-order valence-corrected chi connectivity index (χ4v) is 1.46. The Balaban J connectivity index is 1.84. The van der Waals surface area contributed by atoms with E-state index in [1.54, 1.807) is 24.3 Å².